The molecule has 0 unspecified atom stereocenters. The summed E-state index contributed by atoms with van der Waals surface area (Å²) in [6.45, 7) is 1.81. The second-order valence-electron chi connectivity index (χ2n) is 3.25. The van der Waals surface area contributed by atoms with Gasteiger partial charge in [0.2, 0.25) is 0 Å². The Morgan fingerprint density at radius 3 is 2.62 bits per heavy atom. The number of aromatic carboxylic acids is 1. The van der Waals surface area contributed by atoms with Crippen LogP contribution in [0, 0.1) is 6.92 Å². The van der Waals surface area contributed by atoms with Crippen molar-refractivity contribution in [3.05, 3.63) is 41.0 Å². The number of aryl methyl sites for hydroxylation is 1. The summed E-state index contributed by atoms with van der Waals surface area (Å²) >= 11 is 0. The fraction of sp³-hybridized carbons (Fsp3) is 0.167. The SMILES string of the molecule is COC(=O)/C=C/c1ccc(C)cc1C(=O)O. The summed E-state index contributed by atoms with van der Waals surface area (Å²) < 4.78 is 4.42. The average molecular weight is 220 g/mol. The van der Waals surface area contributed by atoms with Gasteiger partial charge < -0.3 is 9.84 Å². The Bertz CT molecular complexity index is 446. The summed E-state index contributed by atoms with van der Waals surface area (Å²) in [6, 6.07) is 4.99. The van der Waals surface area contributed by atoms with Crippen LogP contribution < -0.4 is 0 Å². The van der Waals surface area contributed by atoms with E-state index in [1.165, 1.54) is 19.3 Å². The largest absolute Gasteiger partial charge is 0.478 e. The number of hydrogen-bond donors (Lipinski definition) is 1. The lowest BCUT2D eigenvalue weighted by atomic mass is 10.0. The average Bonchev–Trinajstić information content (AvgIpc) is 2.26. The maximum absolute atomic E-state index is 10.9. The molecule has 0 bridgehead atoms. The standard InChI is InChI=1S/C12H12O4/c1-8-3-4-9(5-6-11(13)16-2)10(7-8)12(14)15/h3-7H,1-2H3,(H,14,15)/b6-5+. The Morgan fingerprint density at radius 2 is 2.06 bits per heavy atom. The van der Waals surface area contributed by atoms with E-state index in [0.29, 0.717) is 5.56 Å². The highest BCUT2D eigenvalue weighted by Crippen LogP contribution is 2.13. The van der Waals surface area contributed by atoms with E-state index in [2.05, 4.69) is 4.74 Å². The summed E-state index contributed by atoms with van der Waals surface area (Å²) in [5.74, 6) is -1.54. The minimum absolute atomic E-state index is 0.167. The van der Waals surface area contributed by atoms with Gasteiger partial charge in [-0.3, -0.25) is 0 Å². The van der Waals surface area contributed by atoms with E-state index in [1.807, 2.05) is 0 Å². The van der Waals surface area contributed by atoms with Crippen LogP contribution in [0.4, 0.5) is 0 Å². The molecular formula is C12H12O4. The topological polar surface area (TPSA) is 63.6 Å². The van der Waals surface area contributed by atoms with Crippen molar-refractivity contribution in [3.63, 3.8) is 0 Å². The number of esters is 1. The Kier molecular flexibility index (Phi) is 3.83. The maximum atomic E-state index is 10.9. The van der Waals surface area contributed by atoms with Crippen molar-refractivity contribution in [1.82, 2.24) is 0 Å². The normalized spacial score (nSPS) is 10.4. The molecule has 0 aliphatic rings. The lowest BCUT2D eigenvalue weighted by Gasteiger charge is -2.02. The molecule has 0 fully saturated rings. The molecule has 0 radical (unpaired) electrons. The van der Waals surface area contributed by atoms with Crippen LogP contribution in [-0.4, -0.2) is 24.2 Å². The molecule has 4 nitrogen and oxygen atoms in total. The molecule has 0 aliphatic heterocycles. The summed E-state index contributed by atoms with van der Waals surface area (Å²) in [5, 5.41) is 8.96. The number of methoxy groups -OCH3 is 1. The predicted molar refractivity (Wildman–Crippen MR) is 59.2 cm³/mol. The fourth-order valence-corrected chi connectivity index (χ4v) is 1.23. The van der Waals surface area contributed by atoms with Gasteiger partial charge in [0.05, 0.1) is 12.7 Å². The third-order valence-corrected chi connectivity index (χ3v) is 2.04. The van der Waals surface area contributed by atoms with Gasteiger partial charge in [-0.25, -0.2) is 9.59 Å². The van der Waals surface area contributed by atoms with Crippen molar-refractivity contribution in [3.8, 4) is 0 Å². The number of carbonyl (C=O) groups is 2. The van der Waals surface area contributed by atoms with Gasteiger partial charge >= 0.3 is 11.9 Å². The first-order chi connectivity index (χ1) is 7.54. The third kappa shape index (κ3) is 2.95. The molecule has 0 atom stereocenters. The van der Waals surface area contributed by atoms with E-state index in [4.69, 9.17) is 5.11 Å². The maximum Gasteiger partial charge on any atom is 0.336 e. The van der Waals surface area contributed by atoms with Crippen LogP contribution in [0.1, 0.15) is 21.5 Å². The molecular weight excluding hydrogens is 208 g/mol. The summed E-state index contributed by atoms with van der Waals surface area (Å²) in [4.78, 5) is 21.8. The molecule has 1 aromatic rings. The van der Waals surface area contributed by atoms with Crippen LogP contribution in [0.25, 0.3) is 6.08 Å². The van der Waals surface area contributed by atoms with E-state index in [0.717, 1.165) is 5.56 Å². The van der Waals surface area contributed by atoms with Crippen LogP contribution in [0.15, 0.2) is 24.3 Å². The molecule has 1 aromatic carbocycles. The lowest BCUT2D eigenvalue weighted by molar-refractivity contribution is -0.134. The van der Waals surface area contributed by atoms with E-state index in [9.17, 15) is 9.59 Å². The summed E-state index contributed by atoms with van der Waals surface area (Å²) in [6.07, 6.45) is 2.62. The third-order valence-electron chi connectivity index (χ3n) is 2.04. The van der Waals surface area contributed by atoms with E-state index in [1.54, 1.807) is 25.1 Å². The number of carbonyl (C=O) groups excluding carboxylic acids is 1. The molecule has 16 heavy (non-hydrogen) atoms. The number of carboxylic acid groups (broad SMARTS) is 1. The first-order valence-electron chi connectivity index (χ1n) is 4.64. The number of hydrogen-bond acceptors (Lipinski definition) is 3. The first kappa shape index (κ1) is 12.0. The number of benzene rings is 1. The smallest absolute Gasteiger partial charge is 0.336 e. The van der Waals surface area contributed by atoms with Gasteiger partial charge in [0.15, 0.2) is 0 Å². The number of carboxylic acids is 1. The highest BCUT2D eigenvalue weighted by molar-refractivity contribution is 5.95. The Hall–Kier alpha value is -2.10. The highest BCUT2D eigenvalue weighted by Gasteiger charge is 2.08. The molecule has 4 heteroatoms. The van der Waals surface area contributed by atoms with Crippen molar-refractivity contribution in [2.75, 3.05) is 7.11 Å². The predicted octanol–water partition coefficient (Wildman–Crippen LogP) is 1.88. The van der Waals surface area contributed by atoms with E-state index in [-0.39, 0.29) is 5.56 Å². The molecule has 0 saturated carbocycles. The first-order valence-corrected chi connectivity index (χ1v) is 4.64. The van der Waals surface area contributed by atoms with E-state index < -0.39 is 11.9 Å². The molecule has 1 rings (SSSR count). The van der Waals surface area contributed by atoms with Gasteiger partial charge in [0.25, 0.3) is 0 Å². The van der Waals surface area contributed by atoms with Crippen molar-refractivity contribution in [2.45, 2.75) is 6.92 Å². The zero-order valence-corrected chi connectivity index (χ0v) is 9.06. The fourth-order valence-electron chi connectivity index (χ4n) is 1.23. The molecule has 0 spiro atoms. The lowest BCUT2D eigenvalue weighted by Crippen LogP contribution is -2.00. The van der Waals surface area contributed by atoms with Gasteiger partial charge in [0.1, 0.15) is 0 Å². The van der Waals surface area contributed by atoms with Crippen LogP contribution >= 0.6 is 0 Å². The van der Waals surface area contributed by atoms with Crippen LogP contribution in [-0.2, 0) is 9.53 Å². The van der Waals surface area contributed by atoms with Crippen LogP contribution in [0.2, 0.25) is 0 Å². The minimum Gasteiger partial charge on any atom is -0.478 e. The highest BCUT2D eigenvalue weighted by atomic mass is 16.5. The number of ether oxygens (including phenoxy) is 1. The Balaban J connectivity index is 3.09. The summed E-state index contributed by atoms with van der Waals surface area (Å²) in [5.41, 5.74) is 1.50. The van der Waals surface area contributed by atoms with Crippen molar-refractivity contribution in [1.29, 1.82) is 0 Å². The van der Waals surface area contributed by atoms with Gasteiger partial charge in [-0.2, -0.15) is 0 Å². The number of rotatable bonds is 3. The molecule has 84 valence electrons. The quantitative estimate of drug-likeness (QED) is 0.624. The monoisotopic (exact) mass is 220 g/mol. The molecule has 0 aliphatic carbocycles. The second kappa shape index (κ2) is 5.11. The van der Waals surface area contributed by atoms with E-state index >= 15 is 0 Å². The Labute approximate surface area is 93.2 Å². The molecule has 0 heterocycles. The van der Waals surface area contributed by atoms with Crippen molar-refractivity contribution in [2.24, 2.45) is 0 Å². The molecule has 0 amide bonds. The summed E-state index contributed by atoms with van der Waals surface area (Å²) in [7, 11) is 1.26. The van der Waals surface area contributed by atoms with Crippen LogP contribution in [0.5, 0.6) is 0 Å². The zero-order valence-electron chi connectivity index (χ0n) is 9.06. The van der Waals surface area contributed by atoms with Gasteiger partial charge in [-0.15, -0.1) is 0 Å². The Morgan fingerprint density at radius 1 is 1.38 bits per heavy atom. The van der Waals surface area contributed by atoms with Crippen molar-refractivity contribution >= 4 is 18.0 Å². The molecule has 0 saturated heterocycles. The van der Waals surface area contributed by atoms with Gasteiger partial charge in [-0.05, 0) is 24.6 Å². The van der Waals surface area contributed by atoms with Gasteiger partial charge in [0, 0.05) is 6.08 Å². The van der Waals surface area contributed by atoms with Crippen molar-refractivity contribution < 1.29 is 19.4 Å². The van der Waals surface area contributed by atoms with Gasteiger partial charge in [-0.1, -0.05) is 17.7 Å². The van der Waals surface area contributed by atoms with Crippen LogP contribution in [0.3, 0.4) is 0 Å². The molecule has 0 aromatic heterocycles. The molecule has 1 N–H and O–H groups in total. The zero-order chi connectivity index (χ0) is 12.1. The second-order valence-corrected chi connectivity index (χ2v) is 3.25. The minimum atomic E-state index is -1.02.